The van der Waals surface area contributed by atoms with E-state index in [9.17, 15) is 19.5 Å². The third-order valence-corrected chi connectivity index (χ3v) is 7.16. The molecule has 3 heterocycles. The number of nitrogens with one attached hydrogen (secondary N) is 1. The van der Waals surface area contributed by atoms with Gasteiger partial charge in [0.25, 0.3) is 0 Å². The third kappa shape index (κ3) is 4.18. The molecule has 2 N–H and O–H groups in total. The Labute approximate surface area is 175 Å². The molecule has 2 saturated heterocycles. The molecule has 3 aliphatic rings. The van der Waals surface area contributed by atoms with Gasteiger partial charge in [-0.3, -0.25) is 9.59 Å². The molecule has 3 rings (SSSR count). The predicted molar refractivity (Wildman–Crippen MR) is 107 cm³/mol. The van der Waals surface area contributed by atoms with E-state index in [4.69, 9.17) is 9.47 Å². The lowest BCUT2D eigenvalue weighted by atomic mass is 9.79. The molecule has 8 nitrogen and oxygen atoms in total. The Hall–Kier alpha value is -1.58. The van der Waals surface area contributed by atoms with E-state index in [1.807, 2.05) is 6.92 Å². The number of carbonyl (C=O) groups excluding carboxylic acids is 3. The van der Waals surface area contributed by atoms with Crippen LogP contribution in [-0.2, 0) is 23.9 Å². The van der Waals surface area contributed by atoms with Gasteiger partial charge in [0.05, 0.1) is 23.5 Å². The summed E-state index contributed by atoms with van der Waals surface area (Å²) in [6.07, 6.45) is 0.193. The van der Waals surface area contributed by atoms with E-state index >= 15 is 0 Å². The molecule has 0 aliphatic carbocycles. The third-order valence-electron chi connectivity index (χ3n) is 5.60. The lowest BCUT2D eigenvalue weighted by Gasteiger charge is -2.46. The Morgan fingerprint density at radius 3 is 2.59 bits per heavy atom. The zero-order valence-electron chi connectivity index (χ0n) is 17.6. The van der Waals surface area contributed by atoms with Crippen LogP contribution in [-0.4, -0.2) is 65.1 Å². The monoisotopic (exact) mass is 426 g/mol. The molecule has 3 aliphatic heterocycles. The normalized spacial score (nSPS) is 30.1. The summed E-state index contributed by atoms with van der Waals surface area (Å²) < 4.78 is 10.2. The average Bonchev–Trinajstić information content (AvgIpc) is 3.20. The summed E-state index contributed by atoms with van der Waals surface area (Å²) in [6.45, 7) is 9.97. The molecule has 5 atom stereocenters. The van der Waals surface area contributed by atoms with Crippen molar-refractivity contribution < 1.29 is 29.0 Å². The highest BCUT2D eigenvalue weighted by Gasteiger charge is 2.60. The number of amides is 1. The fraction of sp³-hybridized carbons (Fsp3) is 0.750. The smallest absolute Gasteiger partial charge is 0.358 e. The van der Waals surface area contributed by atoms with Crippen molar-refractivity contribution in [2.45, 2.75) is 58.4 Å². The van der Waals surface area contributed by atoms with Gasteiger partial charge in [0.15, 0.2) is 0 Å². The number of carbonyl (C=O) groups is 3. The highest BCUT2D eigenvalue weighted by Crippen LogP contribution is 2.51. The van der Waals surface area contributed by atoms with Crippen LogP contribution in [0.4, 0.5) is 0 Å². The number of β-lactam (4-membered cyclic amide) rings is 1. The fourth-order valence-electron chi connectivity index (χ4n) is 4.00. The predicted octanol–water partition coefficient (Wildman–Crippen LogP) is 1.24. The summed E-state index contributed by atoms with van der Waals surface area (Å²) in [5.41, 5.74) is -0.472. The van der Waals surface area contributed by atoms with Crippen LogP contribution in [0.5, 0.6) is 0 Å². The maximum absolute atomic E-state index is 12.9. The number of nitrogens with zero attached hydrogens (tertiary/aromatic N) is 1. The molecule has 1 amide bonds. The van der Waals surface area contributed by atoms with Crippen molar-refractivity contribution in [1.82, 2.24) is 10.2 Å². The molecular weight excluding hydrogens is 396 g/mol. The molecule has 0 spiro atoms. The first-order valence-electron chi connectivity index (χ1n) is 10.0. The van der Waals surface area contributed by atoms with Gasteiger partial charge in [-0.15, -0.1) is 11.8 Å². The van der Waals surface area contributed by atoms with Gasteiger partial charge in [-0.1, -0.05) is 6.92 Å². The second kappa shape index (κ2) is 8.28. The molecule has 0 radical (unpaired) electrons. The van der Waals surface area contributed by atoms with Crippen LogP contribution in [0.15, 0.2) is 10.6 Å². The van der Waals surface area contributed by atoms with Crippen molar-refractivity contribution in [2.75, 3.05) is 19.9 Å². The minimum absolute atomic E-state index is 0.0717. The highest BCUT2D eigenvalue weighted by atomic mass is 32.2. The molecule has 2 fully saturated rings. The van der Waals surface area contributed by atoms with Crippen molar-refractivity contribution in [1.29, 1.82) is 0 Å². The Morgan fingerprint density at radius 1 is 1.34 bits per heavy atom. The maximum atomic E-state index is 12.9. The Balaban J connectivity index is 1.77. The molecule has 0 aromatic carbocycles. The van der Waals surface area contributed by atoms with Gasteiger partial charge >= 0.3 is 11.9 Å². The van der Waals surface area contributed by atoms with Crippen LogP contribution < -0.4 is 5.32 Å². The lowest BCUT2D eigenvalue weighted by molar-refractivity contribution is -0.175. The molecule has 162 valence electrons. The summed E-state index contributed by atoms with van der Waals surface area (Å²) in [5, 5.41) is 13.6. The van der Waals surface area contributed by atoms with E-state index in [1.165, 1.54) is 4.90 Å². The first-order valence-corrected chi connectivity index (χ1v) is 10.9. The first-order chi connectivity index (χ1) is 13.5. The van der Waals surface area contributed by atoms with Crippen molar-refractivity contribution in [2.24, 2.45) is 17.3 Å². The first kappa shape index (κ1) is 22.1. The van der Waals surface area contributed by atoms with Crippen LogP contribution in [0.3, 0.4) is 0 Å². The summed E-state index contributed by atoms with van der Waals surface area (Å²) in [4.78, 5) is 39.7. The van der Waals surface area contributed by atoms with Crippen LogP contribution in [0.25, 0.3) is 0 Å². The zero-order chi connectivity index (χ0) is 21.5. The van der Waals surface area contributed by atoms with Crippen LogP contribution >= 0.6 is 11.8 Å². The second-order valence-corrected chi connectivity index (χ2v) is 10.3. The molecule has 0 bridgehead atoms. The second-order valence-electron chi connectivity index (χ2n) is 8.93. The average molecular weight is 427 g/mol. The summed E-state index contributed by atoms with van der Waals surface area (Å²) in [6, 6.07) is -0.251. The van der Waals surface area contributed by atoms with Crippen molar-refractivity contribution in [3.63, 3.8) is 0 Å². The van der Waals surface area contributed by atoms with Crippen molar-refractivity contribution >= 4 is 29.6 Å². The number of ether oxygens (including phenoxy) is 2. The molecule has 0 aromatic heterocycles. The largest absolute Gasteiger partial charge is 0.427 e. The molecule has 0 saturated carbocycles. The number of aliphatic hydroxyl groups is 1. The minimum Gasteiger partial charge on any atom is -0.427 e. The molecule has 9 heteroatoms. The quantitative estimate of drug-likeness (QED) is 0.371. The topological polar surface area (TPSA) is 105 Å². The SMILES string of the molecule is CC(O)C1C(=O)N2C(C(=O)OCOC(=O)C(C)(C)C)=C(SC3CCNC3)C(C)[C@H]12. The van der Waals surface area contributed by atoms with Gasteiger partial charge in [0.2, 0.25) is 12.7 Å². The standard InChI is InChI=1S/C20H30N2O6S/c1-10-14-13(11(2)23)17(24)22(14)15(16(10)29-12-6-7-21-8-12)18(25)27-9-28-19(26)20(3,4)5/h10-14,21,23H,6-9H2,1-5H3/t10?,11?,12?,13?,14-/m1/s1. The van der Waals surface area contributed by atoms with Gasteiger partial charge < -0.3 is 24.8 Å². The van der Waals surface area contributed by atoms with E-state index < -0.39 is 36.2 Å². The Kier molecular flexibility index (Phi) is 6.31. The lowest BCUT2D eigenvalue weighted by Crippen LogP contribution is -2.63. The van der Waals surface area contributed by atoms with Gasteiger partial charge in [-0.05, 0) is 40.7 Å². The summed E-state index contributed by atoms with van der Waals surface area (Å²) in [5.74, 6) is -2.01. The van der Waals surface area contributed by atoms with Gasteiger partial charge in [0, 0.05) is 22.6 Å². The molecule has 4 unspecified atom stereocenters. The van der Waals surface area contributed by atoms with Gasteiger partial charge in [-0.2, -0.15) is 0 Å². The van der Waals surface area contributed by atoms with E-state index in [2.05, 4.69) is 5.32 Å². The van der Waals surface area contributed by atoms with E-state index in [0.717, 1.165) is 24.4 Å². The van der Waals surface area contributed by atoms with Crippen molar-refractivity contribution in [3.8, 4) is 0 Å². The molecule has 0 aromatic rings. The molecular formula is C20H30N2O6S. The van der Waals surface area contributed by atoms with Gasteiger partial charge in [-0.25, -0.2) is 4.79 Å². The van der Waals surface area contributed by atoms with Crippen LogP contribution in [0.1, 0.15) is 41.0 Å². The summed E-state index contributed by atoms with van der Waals surface area (Å²) >= 11 is 1.60. The highest BCUT2D eigenvalue weighted by molar-refractivity contribution is 8.03. The number of esters is 2. The Bertz CT molecular complexity index is 723. The fourth-order valence-corrected chi connectivity index (χ4v) is 5.44. The molecule has 29 heavy (non-hydrogen) atoms. The van der Waals surface area contributed by atoms with E-state index in [1.54, 1.807) is 39.5 Å². The number of hydrogen-bond acceptors (Lipinski definition) is 8. The van der Waals surface area contributed by atoms with Crippen LogP contribution in [0.2, 0.25) is 0 Å². The number of hydrogen-bond donors (Lipinski definition) is 2. The summed E-state index contributed by atoms with van der Waals surface area (Å²) in [7, 11) is 0. The van der Waals surface area contributed by atoms with Crippen LogP contribution in [0, 0.1) is 17.3 Å². The number of rotatable bonds is 6. The maximum Gasteiger partial charge on any atom is 0.358 e. The zero-order valence-corrected chi connectivity index (χ0v) is 18.4. The number of fused-ring (bicyclic) bond motifs is 1. The van der Waals surface area contributed by atoms with E-state index in [-0.39, 0.29) is 23.6 Å². The van der Waals surface area contributed by atoms with E-state index in [0.29, 0.717) is 5.25 Å². The minimum atomic E-state index is -0.784. The van der Waals surface area contributed by atoms with Crippen molar-refractivity contribution in [3.05, 3.63) is 10.6 Å². The number of thioether (sulfide) groups is 1. The Morgan fingerprint density at radius 2 is 2.03 bits per heavy atom. The van der Waals surface area contributed by atoms with Gasteiger partial charge in [0.1, 0.15) is 5.70 Å². The number of aliphatic hydroxyl groups excluding tert-OH is 1.